The molecule has 1 aliphatic rings. The third-order valence-electron chi connectivity index (χ3n) is 2.05. The number of hydrogen-bond acceptors (Lipinski definition) is 5. The maximum absolute atomic E-state index is 11.6. The minimum absolute atomic E-state index is 0.258. The second kappa shape index (κ2) is 4.15. The molecule has 0 bridgehead atoms. The number of rotatable bonds is 2. The summed E-state index contributed by atoms with van der Waals surface area (Å²) in [7, 11) is 0. The molecule has 5 nitrogen and oxygen atoms in total. The fraction of sp³-hybridized carbons (Fsp3) is 0.200. The normalized spacial score (nSPS) is 18.9. The molecule has 0 aromatic carbocycles. The first-order valence-corrected chi connectivity index (χ1v) is 5.36. The summed E-state index contributed by atoms with van der Waals surface area (Å²) >= 11 is 0.789. The second-order valence-corrected chi connectivity index (χ2v) is 4.19. The third kappa shape index (κ3) is 1.89. The Morgan fingerprint density at radius 1 is 1.50 bits per heavy atom. The molecule has 2 heterocycles. The second-order valence-electron chi connectivity index (χ2n) is 3.20. The van der Waals surface area contributed by atoms with Crippen molar-refractivity contribution in [3.63, 3.8) is 0 Å². The highest BCUT2D eigenvalue weighted by Gasteiger charge is 2.34. The number of carbonyl (C=O) groups excluding carboxylic acids is 2. The molecule has 1 aromatic heterocycles. The SMILES string of the molecule is Cc1ccc(/C=C2/SC(=O)N(CO)C2=O)o1. The Labute approximate surface area is 95.7 Å². The van der Waals surface area contributed by atoms with Crippen molar-refractivity contribution in [2.24, 2.45) is 0 Å². The number of carbonyl (C=O) groups is 2. The smallest absolute Gasteiger partial charge is 0.295 e. The quantitative estimate of drug-likeness (QED) is 0.793. The van der Waals surface area contributed by atoms with Crippen LogP contribution in [0.2, 0.25) is 0 Å². The van der Waals surface area contributed by atoms with Crippen LogP contribution in [0, 0.1) is 6.92 Å². The average molecular weight is 239 g/mol. The fourth-order valence-electron chi connectivity index (χ4n) is 1.28. The number of thioether (sulfide) groups is 1. The van der Waals surface area contributed by atoms with Crippen molar-refractivity contribution in [2.45, 2.75) is 6.92 Å². The Bertz CT molecular complexity index is 477. The van der Waals surface area contributed by atoms with E-state index in [1.54, 1.807) is 19.1 Å². The van der Waals surface area contributed by atoms with E-state index in [1.807, 2.05) is 0 Å². The summed E-state index contributed by atoms with van der Waals surface area (Å²) in [6, 6.07) is 3.48. The summed E-state index contributed by atoms with van der Waals surface area (Å²) < 4.78 is 5.26. The molecule has 6 heteroatoms. The highest BCUT2D eigenvalue weighted by atomic mass is 32.2. The standard InChI is InChI=1S/C10H9NO4S/c1-6-2-3-7(15-6)4-8-9(13)11(5-12)10(14)16-8/h2-4,12H,5H2,1H3/b8-4+. The van der Waals surface area contributed by atoms with Crippen LogP contribution in [0.4, 0.5) is 4.79 Å². The molecule has 0 aliphatic carbocycles. The molecular weight excluding hydrogens is 230 g/mol. The van der Waals surface area contributed by atoms with Gasteiger partial charge in [-0.2, -0.15) is 0 Å². The van der Waals surface area contributed by atoms with Crippen LogP contribution in [-0.2, 0) is 4.79 Å². The predicted octanol–water partition coefficient (Wildman–Crippen LogP) is 1.57. The van der Waals surface area contributed by atoms with Crippen molar-refractivity contribution < 1.29 is 19.1 Å². The van der Waals surface area contributed by atoms with Gasteiger partial charge in [0.25, 0.3) is 11.1 Å². The Hall–Kier alpha value is -1.53. The van der Waals surface area contributed by atoms with Gasteiger partial charge in [-0.05, 0) is 30.8 Å². The first kappa shape index (κ1) is 11.0. The van der Waals surface area contributed by atoms with Crippen LogP contribution in [0.3, 0.4) is 0 Å². The number of hydrogen-bond donors (Lipinski definition) is 1. The topological polar surface area (TPSA) is 70.8 Å². The molecule has 2 rings (SSSR count). The van der Waals surface area contributed by atoms with E-state index < -0.39 is 17.9 Å². The van der Waals surface area contributed by atoms with E-state index in [1.165, 1.54) is 6.08 Å². The number of amides is 2. The van der Waals surface area contributed by atoms with Gasteiger partial charge in [0.15, 0.2) is 0 Å². The van der Waals surface area contributed by atoms with E-state index in [9.17, 15) is 9.59 Å². The lowest BCUT2D eigenvalue weighted by atomic mass is 10.3. The monoisotopic (exact) mass is 239 g/mol. The largest absolute Gasteiger partial charge is 0.462 e. The number of nitrogens with zero attached hydrogens (tertiary/aromatic N) is 1. The molecule has 1 N–H and O–H groups in total. The summed E-state index contributed by atoms with van der Waals surface area (Å²) in [6.45, 7) is 1.19. The number of furan rings is 1. The Morgan fingerprint density at radius 3 is 2.75 bits per heavy atom. The van der Waals surface area contributed by atoms with Gasteiger partial charge in [0, 0.05) is 6.08 Å². The highest BCUT2D eigenvalue weighted by Crippen LogP contribution is 2.31. The molecule has 0 atom stereocenters. The van der Waals surface area contributed by atoms with Gasteiger partial charge in [-0.3, -0.25) is 9.59 Å². The maximum Gasteiger partial charge on any atom is 0.295 e. The summed E-state index contributed by atoms with van der Waals surface area (Å²) in [5.74, 6) is 0.750. The summed E-state index contributed by atoms with van der Waals surface area (Å²) in [6.07, 6.45) is 1.49. The minimum atomic E-state index is -0.598. The van der Waals surface area contributed by atoms with Crippen LogP contribution in [0.15, 0.2) is 21.5 Å². The van der Waals surface area contributed by atoms with Crippen molar-refractivity contribution in [2.75, 3.05) is 6.73 Å². The zero-order valence-corrected chi connectivity index (χ0v) is 9.28. The highest BCUT2D eigenvalue weighted by molar-refractivity contribution is 8.18. The van der Waals surface area contributed by atoms with Crippen molar-refractivity contribution in [3.8, 4) is 0 Å². The van der Waals surface area contributed by atoms with Gasteiger partial charge in [-0.1, -0.05) is 0 Å². The van der Waals surface area contributed by atoms with E-state index in [0.29, 0.717) is 5.76 Å². The number of aryl methyl sites for hydroxylation is 1. The van der Waals surface area contributed by atoms with Gasteiger partial charge in [0.05, 0.1) is 4.91 Å². The number of aliphatic hydroxyl groups is 1. The van der Waals surface area contributed by atoms with Crippen LogP contribution in [0.25, 0.3) is 6.08 Å². The lowest BCUT2D eigenvalue weighted by molar-refractivity contribution is -0.125. The first-order chi connectivity index (χ1) is 7.61. The number of aliphatic hydroxyl groups excluding tert-OH is 1. The zero-order valence-electron chi connectivity index (χ0n) is 8.47. The van der Waals surface area contributed by atoms with Crippen LogP contribution in [-0.4, -0.2) is 27.9 Å². The van der Waals surface area contributed by atoms with Crippen molar-refractivity contribution >= 4 is 29.0 Å². The summed E-state index contributed by atoms with van der Waals surface area (Å²) in [5.41, 5.74) is 0. The van der Waals surface area contributed by atoms with Gasteiger partial charge < -0.3 is 9.52 Å². The molecule has 0 unspecified atom stereocenters. The minimum Gasteiger partial charge on any atom is -0.462 e. The van der Waals surface area contributed by atoms with Crippen LogP contribution < -0.4 is 0 Å². The van der Waals surface area contributed by atoms with Gasteiger partial charge in [-0.25, -0.2) is 4.90 Å². The lowest BCUT2D eigenvalue weighted by Crippen LogP contribution is -2.28. The Kier molecular flexibility index (Phi) is 2.84. The van der Waals surface area contributed by atoms with E-state index >= 15 is 0 Å². The van der Waals surface area contributed by atoms with E-state index in [-0.39, 0.29) is 4.91 Å². The lowest BCUT2D eigenvalue weighted by Gasteiger charge is -2.05. The molecule has 0 radical (unpaired) electrons. The maximum atomic E-state index is 11.6. The molecule has 1 aromatic rings. The van der Waals surface area contributed by atoms with Crippen LogP contribution in [0.1, 0.15) is 11.5 Å². The molecule has 84 valence electrons. The van der Waals surface area contributed by atoms with E-state index in [2.05, 4.69) is 0 Å². The van der Waals surface area contributed by atoms with Crippen molar-refractivity contribution in [1.29, 1.82) is 0 Å². The molecule has 16 heavy (non-hydrogen) atoms. The van der Waals surface area contributed by atoms with Gasteiger partial charge in [0.1, 0.15) is 18.3 Å². The van der Waals surface area contributed by atoms with Gasteiger partial charge >= 0.3 is 0 Å². The zero-order chi connectivity index (χ0) is 11.7. The van der Waals surface area contributed by atoms with Crippen molar-refractivity contribution in [3.05, 3.63) is 28.6 Å². The predicted molar refractivity (Wildman–Crippen MR) is 58.3 cm³/mol. The molecule has 0 saturated carbocycles. The number of imide groups is 1. The summed E-state index contributed by atoms with van der Waals surface area (Å²) in [4.78, 5) is 23.9. The fourth-order valence-corrected chi connectivity index (χ4v) is 2.09. The van der Waals surface area contributed by atoms with E-state index in [0.717, 1.165) is 22.4 Å². The molecule has 1 aliphatic heterocycles. The summed E-state index contributed by atoms with van der Waals surface area (Å²) in [5, 5.41) is 8.34. The molecule has 1 fully saturated rings. The Morgan fingerprint density at radius 2 is 2.25 bits per heavy atom. The van der Waals surface area contributed by atoms with E-state index in [4.69, 9.17) is 9.52 Å². The van der Waals surface area contributed by atoms with Crippen LogP contribution >= 0.6 is 11.8 Å². The van der Waals surface area contributed by atoms with Crippen molar-refractivity contribution in [1.82, 2.24) is 4.90 Å². The Balaban J connectivity index is 2.27. The van der Waals surface area contributed by atoms with Crippen LogP contribution in [0.5, 0.6) is 0 Å². The van der Waals surface area contributed by atoms with Gasteiger partial charge in [-0.15, -0.1) is 0 Å². The first-order valence-electron chi connectivity index (χ1n) is 4.54. The molecule has 1 saturated heterocycles. The average Bonchev–Trinajstić information content (AvgIpc) is 2.74. The molecular formula is C10H9NO4S. The van der Waals surface area contributed by atoms with Gasteiger partial charge in [0.2, 0.25) is 0 Å². The molecule has 0 spiro atoms. The third-order valence-corrected chi connectivity index (χ3v) is 2.96. The molecule has 2 amide bonds.